The predicted molar refractivity (Wildman–Crippen MR) is 105 cm³/mol. The number of rotatable bonds is 6. The van der Waals surface area contributed by atoms with Gasteiger partial charge >= 0.3 is 6.03 Å². The number of benzene rings is 1. The number of nitrogens with zero attached hydrogens (tertiary/aromatic N) is 1. The third kappa shape index (κ3) is 6.75. The fourth-order valence-corrected chi connectivity index (χ4v) is 3.15. The molecule has 0 saturated heterocycles. The summed E-state index contributed by atoms with van der Waals surface area (Å²) < 4.78 is 5.83. The fraction of sp³-hybridized carbons (Fsp3) is 0.429. The van der Waals surface area contributed by atoms with Crippen molar-refractivity contribution in [2.75, 3.05) is 5.32 Å². The van der Waals surface area contributed by atoms with E-state index >= 15 is 0 Å². The molecule has 5 heteroatoms. The van der Waals surface area contributed by atoms with Gasteiger partial charge in [0.1, 0.15) is 6.61 Å². The van der Waals surface area contributed by atoms with E-state index in [9.17, 15) is 4.79 Å². The number of anilines is 1. The molecule has 0 radical (unpaired) electrons. The predicted octanol–water partition coefficient (Wildman–Crippen LogP) is 5.00. The van der Waals surface area contributed by atoms with E-state index in [1.807, 2.05) is 44.2 Å². The van der Waals surface area contributed by atoms with Crippen LogP contribution in [0.4, 0.5) is 10.6 Å². The maximum atomic E-state index is 12.4. The summed E-state index contributed by atoms with van der Waals surface area (Å²) in [6.07, 6.45) is 2.48. The lowest BCUT2D eigenvalue weighted by atomic mass is 9.82. The monoisotopic (exact) mass is 355 g/mol. The molecule has 0 aliphatic heterocycles. The topological polar surface area (TPSA) is 63.2 Å². The van der Waals surface area contributed by atoms with Crippen molar-refractivity contribution in [1.29, 1.82) is 0 Å². The molecule has 1 heterocycles. The lowest BCUT2D eigenvalue weighted by molar-refractivity contribution is 0.220. The van der Waals surface area contributed by atoms with Crippen molar-refractivity contribution >= 4 is 11.8 Å². The van der Waals surface area contributed by atoms with Gasteiger partial charge in [0.25, 0.3) is 0 Å². The van der Waals surface area contributed by atoms with Crippen LogP contribution in [0.15, 0.2) is 48.7 Å². The first-order valence-corrected chi connectivity index (χ1v) is 8.86. The molecule has 2 N–H and O–H groups in total. The number of amides is 2. The van der Waals surface area contributed by atoms with Crippen molar-refractivity contribution in [3.63, 3.8) is 0 Å². The summed E-state index contributed by atoms with van der Waals surface area (Å²) in [5.41, 5.74) is 0.839. The quantitative estimate of drug-likeness (QED) is 0.767. The van der Waals surface area contributed by atoms with E-state index in [1.54, 1.807) is 18.3 Å². The summed E-state index contributed by atoms with van der Waals surface area (Å²) in [5.74, 6) is 0.952. The van der Waals surface area contributed by atoms with Crippen molar-refractivity contribution in [3.05, 3.63) is 54.2 Å². The summed E-state index contributed by atoms with van der Waals surface area (Å²) in [7, 11) is 0. The van der Waals surface area contributed by atoms with Crippen molar-refractivity contribution in [2.45, 2.75) is 53.2 Å². The number of hydrogen-bond acceptors (Lipinski definition) is 3. The highest BCUT2D eigenvalue weighted by Crippen LogP contribution is 2.27. The second-order valence-electron chi connectivity index (χ2n) is 8.32. The minimum absolute atomic E-state index is 0.117. The molecule has 5 nitrogen and oxygen atoms in total. The average molecular weight is 355 g/mol. The summed E-state index contributed by atoms with van der Waals surface area (Å²) in [5, 5.41) is 5.82. The Hall–Kier alpha value is -2.56. The van der Waals surface area contributed by atoms with Gasteiger partial charge in [-0.25, -0.2) is 9.78 Å². The Morgan fingerprint density at radius 2 is 1.73 bits per heavy atom. The van der Waals surface area contributed by atoms with Gasteiger partial charge in [0.15, 0.2) is 11.6 Å². The standard InChI is InChI=1S/C21H29N3O2/c1-20(2,3)15-21(4,5)24-19(25)23-18-17(12-9-13-22-18)26-14-16-10-7-6-8-11-16/h6-13H,14-15H2,1-5H3,(H2,22,23,24,25). The van der Waals surface area contributed by atoms with Crippen LogP contribution in [0, 0.1) is 5.41 Å². The maximum Gasteiger partial charge on any atom is 0.320 e. The minimum Gasteiger partial charge on any atom is -0.485 e. The van der Waals surface area contributed by atoms with E-state index in [2.05, 4.69) is 36.4 Å². The molecule has 26 heavy (non-hydrogen) atoms. The Bertz CT molecular complexity index is 722. The highest BCUT2D eigenvalue weighted by Gasteiger charge is 2.27. The van der Waals surface area contributed by atoms with Gasteiger partial charge in [-0.2, -0.15) is 0 Å². The first kappa shape index (κ1) is 19.8. The van der Waals surface area contributed by atoms with Crippen LogP contribution < -0.4 is 15.4 Å². The molecule has 0 spiro atoms. The van der Waals surface area contributed by atoms with Gasteiger partial charge in [0.05, 0.1) is 0 Å². The maximum absolute atomic E-state index is 12.4. The number of ether oxygens (including phenoxy) is 1. The zero-order chi connectivity index (χ0) is 19.2. The number of carbonyl (C=O) groups is 1. The molecule has 2 rings (SSSR count). The summed E-state index contributed by atoms with van der Waals surface area (Å²) in [6, 6.07) is 13.2. The second kappa shape index (κ2) is 8.21. The SMILES string of the molecule is CC(C)(C)CC(C)(C)NC(=O)Nc1ncccc1OCc1ccccc1. The lowest BCUT2D eigenvalue weighted by Gasteiger charge is -2.33. The molecule has 0 aliphatic carbocycles. The number of nitrogens with one attached hydrogen (secondary N) is 2. The van der Waals surface area contributed by atoms with Crippen LogP contribution in [0.2, 0.25) is 0 Å². The molecule has 1 aromatic heterocycles. The van der Waals surface area contributed by atoms with Crippen LogP contribution in [-0.4, -0.2) is 16.6 Å². The molecule has 0 bridgehead atoms. The lowest BCUT2D eigenvalue weighted by Crippen LogP contribution is -2.47. The third-order valence-electron chi connectivity index (χ3n) is 3.66. The number of carbonyl (C=O) groups excluding carboxylic acids is 1. The van der Waals surface area contributed by atoms with Crippen molar-refractivity contribution in [3.8, 4) is 5.75 Å². The largest absolute Gasteiger partial charge is 0.485 e. The normalized spacial score (nSPS) is 11.7. The molecule has 0 fully saturated rings. The van der Waals surface area contributed by atoms with Gasteiger partial charge in [-0.1, -0.05) is 51.1 Å². The highest BCUT2D eigenvalue weighted by atomic mass is 16.5. The summed E-state index contributed by atoms with van der Waals surface area (Å²) in [6.45, 7) is 10.9. The van der Waals surface area contributed by atoms with Crippen molar-refractivity contribution in [2.24, 2.45) is 5.41 Å². The van der Waals surface area contributed by atoms with Crippen LogP contribution >= 0.6 is 0 Å². The molecule has 140 valence electrons. The van der Waals surface area contributed by atoms with E-state index in [0.29, 0.717) is 18.2 Å². The van der Waals surface area contributed by atoms with Gasteiger partial charge in [-0.15, -0.1) is 0 Å². The van der Waals surface area contributed by atoms with E-state index in [-0.39, 0.29) is 17.0 Å². The van der Waals surface area contributed by atoms with Crippen molar-refractivity contribution < 1.29 is 9.53 Å². The fourth-order valence-electron chi connectivity index (χ4n) is 3.15. The summed E-state index contributed by atoms with van der Waals surface area (Å²) >= 11 is 0. The van der Waals surface area contributed by atoms with Crippen LogP contribution in [0.3, 0.4) is 0 Å². The third-order valence-corrected chi connectivity index (χ3v) is 3.66. The Labute approximate surface area is 156 Å². The Balaban J connectivity index is 1.99. The van der Waals surface area contributed by atoms with Crippen LogP contribution in [0.1, 0.15) is 46.6 Å². The number of aromatic nitrogens is 1. The summed E-state index contributed by atoms with van der Waals surface area (Å²) in [4.78, 5) is 16.7. The van der Waals surface area contributed by atoms with Gasteiger partial charge in [0.2, 0.25) is 0 Å². The zero-order valence-electron chi connectivity index (χ0n) is 16.3. The molecule has 2 amide bonds. The Kier molecular flexibility index (Phi) is 6.24. The first-order valence-electron chi connectivity index (χ1n) is 8.86. The van der Waals surface area contributed by atoms with Gasteiger partial charge in [-0.05, 0) is 43.4 Å². The smallest absolute Gasteiger partial charge is 0.320 e. The molecule has 2 aromatic rings. The van der Waals surface area contributed by atoms with Crippen LogP contribution in [0.5, 0.6) is 5.75 Å². The van der Waals surface area contributed by atoms with Crippen LogP contribution in [-0.2, 0) is 6.61 Å². The highest BCUT2D eigenvalue weighted by molar-refractivity contribution is 5.90. The van der Waals surface area contributed by atoms with E-state index in [4.69, 9.17) is 4.74 Å². The molecule has 0 aliphatic rings. The van der Waals surface area contributed by atoms with E-state index < -0.39 is 0 Å². The molecular weight excluding hydrogens is 326 g/mol. The number of hydrogen-bond donors (Lipinski definition) is 2. The molecule has 0 atom stereocenters. The van der Waals surface area contributed by atoms with Crippen molar-refractivity contribution in [1.82, 2.24) is 10.3 Å². The molecule has 0 unspecified atom stereocenters. The average Bonchev–Trinajstić information content (AvgIpc) is 2.52. The second-order valence-corrected chi connectivity index (χ2v) is 8.32. The Morgan fingerprint density at radius 3 is 2.38 bits per heavy atom. The number of urea groups is 1. The molecular formula is C21H29N3O2. The van der Waals surface area contributed by atoms with Gasteiger partial charge in [-0.3, -0.25) is 5.32 Å². The minimum atomic E-state index is -0.331. The Morgan fingerprint density at radius 1 is 1.04 bits per heavy atom. The molecule has 1 aromatic carbocycles. The van der Waals surface area contributed by atoms with Gasteiger partial charge in [0, 0.05) is 11.7 Å². The molecule has 0 saturated carbocycles. The van der Waals surface area contributed by atoms with E-state index in [0.717, 1.165) is 12.0 Å². The van der Waals surface area contributed by atoms with Gasteiger partial charge < -0.3 is 10.1 Å². The first-order chi connectivity index (χ1) is 12.1. The van der Waals surface area contributed by atoms with E-state index in [1.165, 1.54) is 0 Å². The number of pyridine rings is 1. The zero-order valence-corrected chi connectivity index (χ0v) is 16.3. The van der Waals surface area contributed by atoms with Crippen LogP contribution in [0.25, 0.3) is 0 Å².